The number of ether oxygens (including phenoxy) is 1. The van der Waals surface area contributed by atoms with Crippen molar-refractivity contribution in [2.75, 3.05) is 25.5 Å². The Morgan fingerprint density at radius 1 is 1.23 bits per heavy atom. The van der Waals surface area contributed by atoms with Crippen LogP contribution in [0.2, 0.25) is 5.02 Å². The molecule has 6 nitrogen and oxygen atoms in total. The van der Waals surface area contributed by atoms with Gasteiger partial charge in [0.1, 0.15) is 6.61 Å². The molecular weight excluding hydrogens is 354 g/mol. The van der Waals surface area contributed by atoms with Crippen LogP contribution in [0.1, 0.15) is 17.7 Å². The number of amides is 2. The highest BCUT2D eigenvalue weighted by atomic mass is 35.5. The summed E-state index contributed by atoms with van der Waals surface area (Å²) in [5.74, 6) is -0.0309. The van der Waals surface area contributed by atoms with E-state index in [0.29, 0.717) is 30.1 Å². The second-order valence-corrected chi connectivity index (χ2v) is 6.26. The number of aryl methyl sites for hydroxylation is 2. The summed E-state index contributed by atoms with van der Waals surface area (Å²) in [5.41, 5.74) is 2.36. The molecule has 0 aliphatic rings. The molecule has 0 saturated carbocycles. The molecule has 0 spiro atoms. The first-order chi connectivity index (χ1) is 12.5. The third kappa shape index (κ3) is 6.37. The van der Waals surface area contributed by atoms with E-state index >= 15 is 0 Å². The molecule has 7 heteroatoms. The Morgan fingerprint density at radius 3 is 2.69 bits per heavy atom. The van der Waals surface area contributed by atoms with E-state index in [2.05, 4.69) is 10.3 Å². The van der Waals surface area contributed by atoms with Crippen LogP contribution in [0, 0.1) is 6.92 Å². The number of hydrogen-bond donors (Lipinski definition) is 1. The normalized spacial score (nSPS) is 10.3. The van der Waals surface area contributed by atoms with E-state index in [4.69, 9.17) is 16.3 Å². The van der Waals surface area contributed by atoms with Crippen LogP contribution >= 0.6 is 11.6 Å². The van der Waals surface area contributed by atoms with Gasteiger partial charge in [0, 0.05) is 24.2 Å². The zero-order valence-corrected chi connectivity index (χ0v) is 15.6. The lowest BCUT2D eigenvalue weighted by molar-refractivity contribution is -0.130. The number of carbonyl (C=O) groups excluding carboxylic acids is 2. The summed E-state index contributed by atoms with van der Waals surface area (Å²) in [7, 11) is 1.68. The molecule has 138 valence electrons. The maximum absolute atomic E-state index is 12.1. The maximum atomic E-state index is 12.1. The van der Waals surface area contributed by atoms with Gasteiger partial charge in [-0.3, -0.25) is 15.1 Å². The van der Waals surface area contributed by atoms with Crippen molar-refractivity contribution >= 4 is 29.3 Å². The number of rotatable bonds is 7. The summed E-state index contributed by atoms with van der Waals surface area (Å²) in [6, 6.07) is 11.0. The minimum Gasteiger partial charge on any atom is -0.447 e. The molecule has 0 saturated heterocycles. The number of benzene rings is 1. The summed E-state index contributed by atoms with van der Waals surface area (Å²) in [6.07, 6.45) is 1.90. The molecule has 0 fully saturated rings. The van der Waals surface area contributed by atoms with E-state index in [1.165, 1.54) is 4.90 Å². The van der Waals surface area contributed by atoms with Gasteiger partial charge in [-0.25, -0.2) is 4.79 Å². The van der Waals surface area contributed by atoms with E-state index in [0.717, 1.165) is 11.3 Å². The lowest BCUT2D eigenvalue weighted by atomic mass is 10.1. The van der Waals surface area contributed by atoms with E-state index in [1.54, 1.807) is 31.4 Å². The van der Waals surface area contributed by atoms with Gasteiger partial charge in [0.15, 0.2) is 0 Å². The fourth-order valence-corrected chi connectivity index (χ4v) is 2.46. The molecule has 0 radical (unpaired) electrons. The standard InChI is InChI=1S/C19H22ClN3O3/c1-14-7-9-16(13-21-14)22-19(25)26-12-11-23(2)18(24)10-8-15-5-3-4-6-17(15)20/h3-7,9,13H,8,10-12H2,1-2H3,(H,22,25). The predicted octanol–water partition coefficient (Wildman–Crippen LogP) is 3.68. The third-order valence-electron chi connectivity index (χ3n) is 3.81. The molecule has 2 rings (SSSR count). The number of halogens is 1. The van der Waals surface area contributed by atoms with Crippen LogP contribution < -0.4 is 5.32 Å². The third-order valence-corrected chi connectivity index (χ3v) is 4.18. The van der Waals surface area contributed by atoms with Gasteiger partial charge in [-0.05, 0) is 37.1 Å². The van der Waals surface area contributed by atoms with Crippen LogP contribution in [-0.4, -0.2) is 42.1 Å². The van der Waals surface area contributed by atoms with Crippen LogP contribution in [0.5, 0.6) is 0 Å². The Morgan fingerprint density at radius 2 is 2.00 bits per heavy atom. The topological polar surface area (TPSA) is 71.5 Å². The van der Waals surface area contributed by atoms with E-state index in [9.17, 15) is 9.59 Å². The molecule has 1 N–H and O–H groups in total. The number of pyridine rings is 1. The van der Waals surface area contributed by atoms with Crippen LogP contribution in [0.25, 0.3) is 0 Å². The summed E-state index contributed by atoms with van der Waals surface area (Å²) in [5, 5.41) is 3.24. The lowest BCUT2D eigenvalue weighted by Crippen LogP contribution is -2.31. The van der Waals surface area contributed by atoms with Crippen molar-refractivity contribution in [3.63, 3.8) is 0 Å². The minimum atomic E-state index is -0.576. The molecule has 1 aromatic carbocycles. The highest BCUT2D eigenvalue weighted by molar-refractivity contribution is 6.31. The highest BCUT2D eigenvalue weighted by Gasteiger charge is 2.11. The summed E-state index contributed by atoms with van der Waals surface area (Å²) in [6.45, 7) is 2.29. The van der Waals surface area contributed by atoms with Crippen LogP contribution in [0.4, 0.5) is 10.5 Å². The zero-order valence-electron chi connectivity index (χ0n) is 14.9. The van der Waals surface area contributed by atoms with Crippen molar-refractivity contribution in [2.45, 2.75) is 19.8 Å². The van der Waals surface area contributed by atoms with Gasteiger partial charge in [0.2, 0.25) is 5.91 Å². The van der Waals surface area contributed by atoms with Gasteiger partial charge in [-0.15, -0.1) is 0 Å². The molecule has 0 atom stereocenters. The van der Waals surface area contributed by atoms with Crippen LogP contribution in [0.3, 0.4) is 0 Å². The fourth-order valence-electron chi connectivity index (χ4n) is 2.23. The molecule has 2 amide bonds. The van der Waals surface area contributed by atoms with Crippen molar-refractivity contribution in [3.05, 3.63) is 58.9 Å². The summed E-state index contributed by atoms with van der Waals surface area (Å²) < 4.78 is 5.09. The molecule has 1 heterocycles. The first kappa shape index (κ1) is 19.7. The molecule has 0 bridgehead atoms. The number of likely N-dealkylation sites (N-methyl/N-ethyl adjacent to an activating group) is 1. The van der Waals surface area contributed by atoms with Crippen molar-refractivity contribution in [3.8, 4) is 0 Å². The zero-order chi connectivity index (χ0) is 18.9. The van der Waals surface area contributed by atoms with Gasteiger partial charge < -0.3 is 9.64 Å². The Bertz CT molecular complexity index is 750. The molecule has 0 unspecified atom stereocenters. The van der Waals surface area contributed by atoms with Crippen molar-refractivity contribution in [1.82, 2.24) is 9.88 Å². The average Bonchev–Trinajstić information content (AvgIpc) is 2.62. The quantitative estimate of drug-likeness (QED) is 0.801. The van der Waals surface area contributed by atoms with Crippen molar-refractivity contribution in [1.29, 1.82) is 0 Å². The maximum Gasteiger partial charge on any atom is 0.411 e. The molecule has 2 aromatic rings. The average molecular weight is 376 g/mol. The highest BCUT2D eigenvalue weighted by Crippen LogP contribution is 2.16. The number of nitrogens with zero attached hydrogens (tertiary/aromatic N) is 2. The molecule has 26 heavy (non-hydrogen) atoms. The van der Waals surface area contributed by atoms with Gasteiger partial charge in [-0.1, -0.05) is 29.8 Å². The summed E-state index contributed by atoms with van der Waals surface area (Å²) >= 11 is 6.09. The predicted molar refractivity (Wildman–Crippen MR) is 101 cm³/mol. The molecular formula is C19H22ClN3O3. The Labute approximate surface area is 158 Å². The van der Waals surface area contributed by atoms with Gasteiger partial charge in [0.05, 0.1) is 18.4 Å². The SMILES string of the molecule is Cc1ccc(NC(=O)OCCN(C)C(=O)CCc2ccccc2Cl)cn1. The monoisotopic (exact) mass is 375 g/mol. The molecule has 1 aromatic heterocycles. The van der Waals surface area contributed by atoms with Crippen molar-refractivity contribution < 1.29 is 14.3 Å². The molecule has 0 aliphatic carbocycles. The first-order valence-electron chi connectivity index (χ1n) is 8.29. The van der Waals surface area contributed by atoms with Crippen molar-refractivity contribution in [2.24, 2.45) is 0 Å². The van der Waals surface area contributed by atoms with Crippen LogP contribution in [0.15, 0.2) is 42.6 Å². The smallest absolute Gasteiger partial charge is 0.411 e. The van der Waals surface area contributed by atoms with Crippen LogP contribution in [-0.2, 0) is 16.0 Å². The Kier molecular flexibility index (Phi) is 7.41. The summed E-state index contributed by atoms with van der Waals surface area (Å²) in [4.78, 5) is 29.5. The van der Waals surface area contributed by atoms with Gasteiger partial charge in [0.25, 0.3) is 0 Å². The fraction of sp³-hybridized carbons (Fsp3) is 0.316. The second kappa shape index (κ2) is 9.77. The number of anilines is 1. The number of carbonyl (C=O) groups is 2. The van der Waals surface area contributed by atoms with E-state index < -0.39 is 6.09 Å². The Hall–Kier alpha value is -2.60. The number of aromatic nitrogens is 1. The largest absolute Gasteiger partial charge is 0.447 e. The number of hydrogen-bond acceptors (Lipinski definition) is 4. The molecule has 0 aliphatic heterocycles. The minimum absolute atomic E-state index is 0.0309. The Balaban J connectivity index is 1.68. The number of nitrogens with one attached hydrogen (secondary N) is 1. The lowest BCUT2D eigenvalue weighted by Gasteiger charge is -2.17. The van der Waals surface area contributed by atoms with E-state index in [1.807, 2.05) is 25.1 Å². The first-order valence-corrected chi connectivity index (χ1v) is 8.67. The van der Waals surface area contributed by atoms with E-state index in [-0.39, 0.29) is 12.5 Å². The second-order valence-electron chi connectivity index (χ2n) is 5.86. The van der Waals surface area contributed by atoms with Gasteiger partial charge in [-0.2, -0.15) is 0 Å². The van der Waals surface area contributed by atoms with Gasteiger partial charge >= 0.3 is 6.09 Å².